The standard InChI is InChI=1S/C17H19N3O2/c1-13-14(2)19-12-20(17(13)22)11-10-18-16(21)9-8-15-6-4-3-5-7-15/h3-9,12H,10-11H2,1-2H3,(H,18,21)/b9-8+. The molecule has 0 aliphatic carbocycles. The molecule has 0 aliphatic rings. The van der Waals surface area contributed by atoms with Gasteiger partial charge >= 0.3 is 0 Å². The summed E-state index contributed by atoms with van der Waals surface area (Å²) in [7, 11) is 0. The van der Waals surface area contributed by atoms with E-state index in [2.05, 4.69) is 10.3 Å². The Hall–Kier alpha value is -2.69. The number of nitrogens with zero attached hydrogens (tertiary/aromatic N) is 2. The highest BCUT2D eigenvalue weighted by molar-refractivity contribution is 5.91. The van der Waals surface area contributed by atoms with Gasteiger partial charge in [-0.3, -0.25) is 14.2 Å². The first kappa shape index (κ1) is 15.7. The molecule has 0 bridgehead atoms. The Morgan fingerprint density at radius 1 is 1.27 bits per heavy atom. The van der Waals surface area contributed by atoms with Crippen LogP contribution < -0.4 is 10.9 Å². The van der Waals surface area contributed by atoms with Crippen LogP contribution in [0.5, 0.6) is 0 Å². The van der Waals surface area contributed by atoms with E-state index in [1.165, 1.54) is 17.0 Å². The van der Waals surface area contributed by atoms with Crippen LogP contribution in [0, 0.1) is 13.8 Å². The molecular weight excluding hydrogens is 278 g/mol. The second-order valence-electron chi connectivity index (χ2n) is 4.99. The number of aryl methyl sites for hydroxylation is 1. The quantitative estimate of drug-likeness (QED) is 0.854. The largest absolute Gasteiger partial charge is 0.351 e. The first-order valence-corrected chi connectivity index (χ1v) is 7.11. The van der Waals surface area contributed by atoms with Crippen LogP contribution in [0.15, 0.2) is 47.5 Å². The molecule has 5 heteroatoms. The molecular formula is C17H19N3O2. The topological polar surface area (TPSA) is 64.0 Å². The molecule has 5 nitrogen and oxygen atoms in total. The van der Waals surface area contributed by atoms with Crippen molar-refractivity contribution in [1.82, 2.24) is 14.9 Å². The van der Waals surface area contributed by atoms with Crippen molar-refractivity contribution in [3.05, 3.63) is 69.9 Å². The lowest BCUT2D eigenvalue weighted by molar-refractivity contribution is -0.116. The summed E-state index contributed by atoms with van der Waals surface area (Å²) < 4.78 is 1.50. The molecule has 0 unspecified atom stereocenters. The van der Waals surface area contributed by atoms with Crippen molar-refractivity contribution in [3.8, 4) is 0 Å². The molecule has 1 aromatic heterocycles. The maximum Gasteiger partial charge on any atom is 0.256 e. The van der Waals surface area contributed by atoms with Gasteiger partial charge in [-0.2, -0.15) is 0 Å². The summed E-state index contributed by atoms with van der Waals surface area (Å²) in [5, 5.41) is 2.75. The van der Waals surface area contributed by atoms with Gasteiger partial charge in [0.05, 0.1) is 6.33 Å². The fourth-order valence-corrected chi connectivity index (χ4v) is 1.93. The molecule has 1 heterocycles. The highest BCUT2D eigenvalue weighted by Gasteiger charge is 2.03. The molecule has 2 rings (SSSR count). The summed E-state index contributed by atoms with van der Waals surface area (Å²) >= 11 is 0. The molecule has 0 spiro atoms. The molecule has 1 N–H and O–H groups in total. The summed E-state index contributed by atoms with van der Waals surface area (Å²) in [5.41, 5.74) is 2.27. The van der Waals surface area contributed by atoms with E-state index < -0.39 is 0 Å². The van der Waals surface area contributed by atoms with Crippen molar-refractivity contribution in [2.45, 2.75) is 20.4 Å². The summed E-state index contributed by atoms with van der Waals surface area (Å²) in [6, 6.07) is 9.59. The first-order chi connectivity index (χ1) is 10.6. The second kappa shape index (κ2) is 7.36. The number of amides is 1. The minimum Gasteiger partial charge on any atom is -0.351 e. The summed E-state index contributed by atoms with van der Waals surface area (Å²) in [6.45, 7) is 4.33. The third-order valence-corrected chi connectivity index (χ3v) is 3.39. The van der Waals surface area contributed by atoms with Crippen LogP contribution in [-0.2, 0) is 11.3 Å². The van der Waals surface area contributed by atoms with Gasteiger partial charge in [-0.05, 0) is 25.5 Å². The zero-order chi connectivity index (χ0) is 15.9. The van der Waals surface area contributed by atoms with E-state index in [-0.39, 0.29) is 11.5 Å². The third kappa shape index (κ3) is 4.15. The van der Waals surface area contributed by atoms with Crippen molar-refractivity contribution >= 4 is 12.0 Å². The van der Waals surface area contributed by atoms with Crippen molar-refractivity contribution in [2.75, 3.05) is 6.54 Å². The first-order valence-electron chi connectivity index (χ1n) is 7.11. The van der Waals surface area contributed by atoms with E-state index in [1.54, 1.807) is 19.9 Å². The van der Waals surface area contributed by atoms with Gasteiger partial charge in [0.25, 0.3) is 5.56 Å². The van der Waals surface area contributed by atoms with Crippen LogP contribution >= 0.6 is 0 Å². The third-order valence-electron chi connectivity index (χ3n) is 3.39. The zero-order valence-electron chi connectivity index (χ0n) is 12.7. The summed E-state index contributed by atoms with van der Waals surface area (Å²) in [4.78, 5) is 27.8. The predicted molar refractivity (Wildman–Crippen MR) is 86.5 cm³/mol. The average molecular weight is 297 g/mol. The van der Waals surface area contributed by atoms with Crippen LogP contribution in [0.2, 0.25) is 0 Å². The zero-order valence-corrected chi connectivity index (χ0v) is 12.7. The Morgan fingerprint density at radius 3 is 2.73 bits per heavy atom. The normalized spacial score (nSPS) is 10.8. The van der Waals surface area contributed by atoms with Crippen molar-refractivity contribution < 1.29 is 4.79 Å². The van der Waals surface area contributed by atoms with E-state index in [9.17, 15) is 9.59 Å². The summed E-state index contributed by atoms with van der Waals surface area (Å²) in [5.74, 6) is -0.186. The van der Waals surface area contributed by atoms with E-state index in [1.807, 2.05) is 30.3 Å². The monoisotopic (exact) mass is 297 g/mol. The number of hydrogen-bond donors (Lipinski definition) is 1. The van der Waals surface area contributed by atoms with Crippen molar-refractivity contribution in [3.63, 3.8) is 0 Å². The molecule has 22 heavy (non-hydrogen) atoms. The van der Waals surface area contributed by atoms with Crippen molar-refractivity contribution in [2.24, 2.45) is 0 Å². The molecule has 0 saturated heterocycles. The minimum absolute atomic E-state index is 0.0680. The fourth-order valence-electron chi connectivity index (χ4n) is 1.93. The maximum atomic E-state index is 12.0. The second-order valence-corrected chi connectivity index (χ2v) is 4.99. The van der Waals surface area contributed by atoms with Crippen LogP contribution in [-0.4, -0.2) is 22.0 Å². The molecule has 0 atom stereocenters. The van der Waals surface area contributed by atoms with Gasteiger partial charge in [0, 0.05) is 30.4 Å². The van der Waals surface area contributed by atoms with Crippen LogP contribution in [0.25, 0.3) is 6.08 Å². The lowest BCUT2D eigenvalue weighted by Crippen LogP contribution is -2.31. The van der Waals surface area contributed by atoms with Crippen LogP contribution in [0.3, 0.4) is 0 Å². The number of hydrogen-bond acceptors (Lipinski definition) is 3. The molecule has 1 amide bonds. The fraction of sp³-hybridized carbons (Fsp3) is 0.235. The molecule has 0 radical (unpaired) electrons. The van der Waals surface area contributed by atoms with Crippen molar-refractivity contribution in [1.29, 1.82) is 0 Å². The van der Waals surface area contributed by atoms with E-state index in [0.29, 0.717) is 18.7 Å². The molecule has 2 aromatic rings. The highest BCUT2D eigenvalue weighted by atomic mass is 16.1. The van der Waals surface area contributed by atoms with E-state index in [0.717, 1.165) is 11.3 Å². The van der Waals surface area contributed by atoms with Crippen LogP contribution in [0.1, 0.15) is 16.8 Å². The lowest BCUT2D eigenvalue weighted by atomic mass is 10.2. The molecule has 1 aromatic carbocycles. The number of aromatic nitrogens is 2. The molecule has 0 fully saturated rings. The number of carbonyl (C=O) groups is 1. The average Bonchev–Trinajstić information content (AvgIpc) is 2.54. The Kier molecular flexibility index (Phi) is 5.25. The Labute approximate surface area is 129 Å². The lowest BCUT2D eigenvalue weighted by Gasteiger charge is -2.07. The van der Waals surface area contributed by atoms with E-state index in [4.69, 9.17) is 0 Å². The van der Waals surface area contributed by atoms with Gasteiger partial charge in [0.2, 0.25) is 5.91 Å². The van der Waals surface area contributed by atoms with Gasteiger partial charge < -0.3 is 5.32 Å². The number of carbonyl (C=O) groups excluding carboxylic acids is 1. The Bertz CT molecular complexity index is 733. The summed E-state index contributed by atoms with van der Waals surface area (Å²) in [6.07, 6.45) is 4.74. The minimum atomic E-state index is -0.186. The SMILES string of the molecule is Cc1ncn(CCNC(=O)/C=C/c2ccccc2)c(=O)c1C. The van der Waals surface area contributed by atoms with Gasteiger partial charge in [0.1, 0.15) is 0 Å². The number of benzene rings is 1. The molecule has 0 saturated carbocycles. The van der Waals surface area contributed by atoms with Gasteiger partial charge in [0.15, 0.2) is 0 Å². The van der Waals surface area contributed by atoms with Gasteiger partial charge in [-0.15, -0.1) is 0 Å². The van der Waals surface area contributed by atoms with Gasteiger partial charge in [-0.1, -0.05) is 30.3 Å². The smallest absolute Gasteiger partial charge is 0.256 e. The van der Waals surface area contributed by atoms with Crippen LogP contribution in [0.4, 0.5) is 0 Å². The highest BCUT2D eigenvalue weighted by Crippen LogP contribution is 2.00. The Balaban J connectivity index is 1.86. The molecule has 114 valence electrons. The Morgan fingerprint density at radius 2 is 2.00 bits per heavy atom. The predicted octanol–water partition coefficient (Wildman–Crippen LogP) is 1.69. The van der Waals surface area contributed by atoms with E-state index >= 15 is 0 Å². The maximum absolute atomic E-state index is 12.0. The molecule has 0 aliphatic heterocycles. The number of nitrogens with one attached hydrogen (secondary N) is 1. The number of rotatable bonds is 5. The van der Waals surface area contributed by atoms with Gasteiger partial charge in [-0.25, -0.2) is 4.98 Å².